The molecule has 0 fully saturated rings. The number of fused-ring (bicyclic) bond motifs is 1. The van der Waals surface area contributed by atoms with Gasteiger partial charge in [0.1, 0.15) is 0 Å². The Balaban J connectivity index is 1.81. The van der Waals surface area contributed by atoms with Crippen molar-refractivity contribution in [2.24, 2.45) is 7.05 Å². The number of carbonyl (C=O) groups is 1. The summed E-state index contributed by atoms with van der Waals surface area (Å²) in [5.41, 5.74) is 2.66. The highest BCUT2D eigenvalue weighted by Gasteiger charge is 2.10. The van der Waals surface area contributed by atoms with E-state index in [9.17, 15) is 4.79 Å². The van der Waals surface area contributed by atoms with Gasteiger partial charge in [0.2, 0.25) is 0 Å². The number of para-hydroxylation sites is 1. The van der Waals surface area contributed by atoms with Crippen LogP contribution in [0, 0.1) is 0 Å². The van der Waals surface area contributed by atoms with Crippen molar-refractivity contribution in [1.29, 1.82) is 0 Å². The number of amides is 1. The largest absolute Gasteiger partial charge is 0.346 e. The maximum Gasteiger partial charge on any atom is 0.252 e. The molecule has 0 aliphatic heterocycles. The monoisotopic (exact) mass is 271 g/mol. The van der Waals surface area contributed by atoms with Crippen molar-refractivity contribution < 1.29 is 4.79 Å². The predicted molar refractivity (Wildman–Crippen MR) is 76.2 cm³/mol. The molecule has 2 heterocycles. The molecule has 96 valence electrons. The number of rotatable bonds is 3. The maximum atomic E-state index is 11.9. The SMILES string of the molecule is Cn1nc(CNC(=O)c2ccsc2)c2ccccc21. The Morgan fingerprint density at radius 1 is 1.37 bits per heavy atom. The highest BCUT2D eigenvalue weighted by Crippen LogP contribution is 2.17. The summed E-state index contributed by atoms with van der Waals surface area (Å²) in [6, 6.07) is 9.82. The molecule has 0 bridgehead atoms. The lowest BCUT2D eigenvalue weighted by molar-refractivity contribution is 0.0951. The Bertz CT molecular complexity index is 715. The number of carbonyl (C=O) groups excluding carboxylic acids is 1. The quantitative estimate of drug-likeness (QED) is 0.796. The van der Waals surface area contributed by atoms with Crippen molar-refractivity contribution >= 4 is 28.1 Å². The van der Waals surface area contributed by atoms with E-state index >= 15 is 0 Å². The third kappa shape index (κ3) is 2.24. The molecule has 1 N–H and O–H groups in total. The molecule has 0 saturated carbocycles. The van der Waals surface area contributed by atoms with Crippen LogP contribution in [0.2, 0.25) is 0 Å². The van der Waals surface area contributed by atoms with Gasteiger partial charge in [0.05, 0.1) is 17.8 Å². The summed E-state index contributed by atoms with van der Waals surface area (Å²) in [5, 5.41) is 12.2. The van der Waals surface area contributed by atoms with Crippen LogP contribution in [0.15, 0.2) is 41.1 Å². The van der Waals surface area contributed by atoms with E-state index in [1.165, 1.54) is 11.3 Å². The summed E-state index contributed by atoms with van der Waals surface area (Å²) in [7, 11) is 1.91. The van der Waals surface area contributed by atoms with Crippen molar-refractivity contribution in [2.75, 3.05) is 0 Å². The van der Waals surface area contributed by atoms with Crippen LogP contribution in [0.4, 0.5) is 0 Å². The second kappa shape index (κ2) is 4.85. The fraction of sp³-hybridized carbons (Fsp3) is 0.143. The number of thiophene rings is 1. The molecule has 0 radical (unpaired) electrons. The summed E-state index contributed by atoms with van der Waals surface area (Å²) >= 11 is 1.52. The van der Waals surface area contributed by atoms with Gasteiger partial charge in [-0.2, -0.15) is 16.4 Å². The number of benzene rings is 1. The van der Waals surface area contributed by atoms with E-state index in [4.69, 9.17) is 0 Å². The smallest absolute Gasteiger partial charge is 0.252 e. The Morgan fingerprint density at radius 3 is 3.00 bits per heavy atom. The molecule has 3 aromatic rings. The topological polar surface area (TPSA) is 46.9 Å². The van der Waals surface area contributed by atoms with Crippen LogP contribution in [0.5, 0.6) is 0 Å². The van der Waals surface area contributed by atoms with E-state index < -0.39 is 0 Å². The lowest BCUT2D eigenvalue weighted by atomic mass is 10.2. The zero-order valence-electron chi connectivity index (χ0n) is 10.5. The fourth-order valence-corrected chi connectivity index (χ4v) is 2.71. The molecule has 4 nitrogen and oxygen atoms in total. The number of aryl methyl sites for hydroxylation is 1. The van der Waals surface area contributed by atoms with Gasteiger partial charge in [-0.3, -0.25) is 9.48 Å². The van der Waals surface area contributed by atoms with Gasteiger partial charge in [0.15, 0.2) is 0 Å². The molecular formula is C14H13N3OS. The average Bonchev–Trinajstić information content (AvgIpc) is 3.06. The van der Waals surface area contributed by atoms with E-state index in [1.54, 1.807) is 0 Å². The van der Waals surface area contributed by atoms with Gasteiger partial charge >= 0.3 is 0 Å². The highest BCUT2D eigenvalue weighted by molar-refractivity contribution is 7.08. The molecular weight excluding hydrogens is 258 g/mol. The molecule has 5 heteroatoms. The van der Waals surface area contributed by atoms with Crippen LogP contribution in [-0.2, 0) is 13.6 Å². The van der Waals surface area contributed by atoms with Gasteiger partial charge in [-0.15, -0.1) is 0 Å². The van der Waals surface area contributed by atoms with E-state index in [0.29, 0.717) is 12.1 Å². The lowest BCUT2D eigenvalue weighted by Crippen LogP contribution is -2.22. The van der Waals surface area contributed by atoms with Gasteiger partial charge in [0.25, 0.3) is 5.91 Å². The summed E-state index contributed by atoms with van der Waals surface area (Å²) in [6.07, 6.45) is 0. The third-order valence-electron chi connectivity index (χ3n) is 3.03. The molecule has 1 amide bonds. The molecule has 1 aromatic carbocycles. The van der Waals surface area contributed by atoms with Crippen molar-refractivity contribution in [3.05, 3.63) is 52.3 Å². The summed E-state index contributed by atoms with van der Waals surface area (Å²) in [5.74, 6) is -0.0593. The summed E-state index contributed by atoms with van der Waals surface area (Å²) < 4.78 is 1.83. The summed E-state index contributed by atoms with van der Waals surface area (Å²) in [4.78, 5) is 11.9. The van der Waals surface area contributed by atoms with Crippen molar-refractivity contribution in [3.63, 3.8) is 0 Å². The zero-order chi connectivity index (χ0) is 13.2. The van der Waals surface area contributed by atoms with E-state index in [-0.39, 0.29) is 5.91 Å². The third-order valence-corrected chi connectivity index (χ3v) is 3.72. The van der Waals surface area contributed by atoms with E-state index in [0.717, 1.165) is 16.6 Å². The second-order valence-corrected chi connectivity index (χ2v) is 5.06. The van der Waals surface area contributed by atoms with Crippen LogP contribution >= 0.6 is 11.3 Å². The van der Waals surface area contributed by atoms with E-state index in [2.05, 4.69) is 10.4 Å². The molecule has 0 unspecified atom stereocenters. The van der Waals surface area contributed by atoms with Crippen LogP contribution in [0.25, 0.3) is 10.9 Å². The van der Waals surface area contributed by atoms with Crippen LogP contribution in [0.1, 0.15) is 16.1 Å². The Labute approximate surface area is 114 Å². The predicted octanol–water partition coefficient (Wildman–Crippen LogP) is 2.56. The first kappa shape index (κ1) is 11.9. The minimum atomic E-state index is -0.0593. The lowest BCUT2D eigenvalue weighted by Gasteiger charge is -2.01. The van der Waals surface area contributed by atoms with Gasteiger partial charge in [-0.05, 0) is 17.5 Å². The Hall–Kier alpha value is -2.14. The molecule has 0 saturated heterocycles. The van der Waals surface area contributed by atoms with Gasteiger partial charge < -0.3 is 5.32 Å². The minimum Gasteiger partial charge on any atom is -0.346 e. The number of nitrogens with zero attached hydrogens (tertiary/aromatic N) is 2. The number of hydrogen-bond donors (Lipinski definition) is 1. The molecule has 3 rings (SSSR count). The normalized spacial score (nSPS) is 10.8. The van der Waals surface area contributed by atoms with Gasteiger partial charge in [-0.1, -0.05) is 18.2 Å². The standard InChI is InChI=1S/C14H13N3OS/c1-17-13-5-3-2-4-11(13)12(16-17)8-15-14(18)10-6-7-19-9-10/h2-7,9H,8H2,1H3,(H,15,18). The molecule has 0 aliphatic rings. The number of nitrogens with one attached hydrogen (secondary N) is 1. The summed E-state index contributed by atoms with van der Waals surface area (Å²) in [6.45, 7) is 0.441. The Kier molecular flexibility index (Phi) is 3.05. The molecule has 0 aliphatic carbocycles. The Morgan fingerprint density at radius 2 is 2.21 bits per heavy atom. The van der Waals surface area contributed by atoms with Gasteiger partial charge in [0, 0.05) is 23.4 Å². The first-order chi connectivity index (χ1) is 9.25. The zero-order valence-corrected chi connectivity index (χ0v) is 11.3. The van der Waals surface area contributed by atoms with Crippen molar-refractivity contribution in [3.8, 4) is 0 Å². The maximum absolute atomic E-state index is 11.9. The van der Waals surface area contributed by atoms with Crippen LogP contribution < -0.4 is 5.32 Å². The second-order valence-electron chi connectivity index (χ2n) is 4.28. The number of aromatic nitrogens is 2. The van der Waals surface area contributed by atoms with Crippen LogP contribution in [-0.4, -0.2) is 15.7 Å². The van der Waals surface area contributed by atoms with E-state index in [1.807, 2.05) is 52.8 Å². The first-order valence-electron chi connectivity index (χ1n) is 5.97. The first-order valence-corrected chi connectivity index (χ1v) is 6.91. The average molecular weight is 271 g/mol. The fourth-order valence-electron chi connectivity index (χ4n) is 2.08. The van der Waals surface area contributed by atoms with Crippen LogP contribution in [0.3, 0.4) is 0 Å². The molecule has 2 aromatic heterocycles. The van der Waals surface area contributed by atoms with Crippen molar-refractivity contribution in [1.82, 2.24) is 15.1 Å². The molecule has 19 heavy (non-hydrogen) atoms. The molecule has 0 spiro atoms. The van der Waals surface area contributed by atoms with Crippen molar-refractivity contribution in [2.45, 2.75) is 6.54 Å². The van der Waals surface area contributed by atoms with Gasteiger partial charge in [-0.25, -0.2) is 0 Å². The minimum absolute atomic E-state index is 0.0593. The number of hydrogen-bond acceptors (Lipinski definition) is 3. The molecule has 0 atom stereocenters. The highest BCUT2D eigenvalue weighted by atomic mass is 32.1.